The van der Waals surface area contributed by atoms with Gasteiger partial charge < -0.3 is 30.6 Å². The van der Waals surface area contributed by atoms with Crippen molar-refractivity contribution in [2.45, 2.75) is 219 Å². The molecule has 60 heavy (non-hydrogen) atoms. The van der Waals surface area contributed by atoms with E-state index >= 15 is 0 Å². The Bertz CT molecular complexity index is 1480. The maximum Gasteiger partial charge on any atom is 0.0811 e. The molecule has 6 fully saturated rings. The van der Waals surface area contributed by atoms with E-state index in [1.165, 1.54) is 77.0 Å². The van der Waals surface area contributed by atoms with Gasteiger partial charge in [-0.05, 0) is 186 Å². The molecule has 6 heteroatoms. The molecule has 12 atom stereocenters. The minimum absolute atomic E-state index is 0.374. The van der Waals surface area contributed by atoms with Crippen LogP contribution in [0, 0.1) is 46.3 Å². The van der Waals surface area contributed by atoms with E-state index in [4.69, 9.17) is 0 Å². The fourth-order valence-electron chi connectivity index (χ4n) is 13.5. The number of allylic oxidation sites excluding steroid dienone is 6. The van der Waals surface area contributed by atoms with Crippen molar-refractivity contribution in [2.75, 3.05) is 0 Å². The topological polar surface area (TPSA) is 121 Å². The third-order valence-electron chi connectivity index (χ3n) is 16.9. The molecule has 6 nitrogen and oxygen atoms in total. The summed E-state index contributed by atoms with van der Waals surface area (Å²) in [6, 6.07) is 0. The van der Waals surface area contributed by atoms with Gasteiger partial charge in [-0.3, -0.25) is 0 Å². The molecule has 0 heterocycles. The van der Waals surface area contributed by atoms with Crippen molar-refractivity contribution in [3.63, 3.8) is 0 Å². The largest absolute Gasteiger partial charge is 0.393 e. The quantitative estimate of drug-likeness (QED) is 0.116. The summed E-state index contributed by atoms with van der Waals surface area (Å²) in [7, 11) is 0. The molecule has 0 bridgehead atoms. The van der Waals surface area contributed by atoms with Gasteiger partial charge in [0.1, 0.15) is 0 Å². The van der Waals surface area contributed by atoms with Gasteiger partial charge in [-0.15, -0.1) is 0 Å². The molecule has 0 aromatic heterocycles. The molecule has 0 radical (unpaired) electrons. The lowest BCUT2D eigenvalue weighted by atomic mass is 9.60. The Morgan fingerprint density at radius 1 is 0.617 bits per heavy atom. The van der Waals surface area contributed by atoms with E-state index in [-0.39, 0.29) is 0 Å². The number of fused-ring (bicyclic) bond motifs is 2. The van der Waals surface area contributed by atoms with Crippen LogP contribution in [0.3, 0.4) is 0 Å². The molecule has 6 rings (SSSR count). The maximum absolute atomic E-state index is 10.1. The molecular weight excluding hydrogens is 745 g/mol. The van der Waals surface area contributed by atoms with Crippen LogP contribution in [-0.4, -0.2) is 66.3 Å². The minimum Gasteiger partial charge on any atom is -0.393 e. The van der Waals surface area contributed by atoms with Gasteiger partial charge in [0.25, 0.3) is 0 Å². The van der Waals surface area contributed by atoms with Crippen molar-refractivity contribution in [3.8, 4) is 0 Å². The van der Waals surface area contributed by atoms with Crippen LogP contribution in [0.5, 0.6) is 0 Å². The predicted molar refractivity (Wildman–Crippen MR) is 248 cm³/mol. The van der Waals surface area contributed by atoms with E-state index in [0.29, 0.717) is 60.2 Å². The third kappa shape index (κ3) is 12.3. The van der Waals surface area contributed by atoms with Gasteiger partial charge in [-0.25, -0.2) is 0 Å². The average Bonchev–Trinajstić information content (AvgIpc) is 3.69. The molecule has 0 aliphatic heterocycles. The molecule has 0 spiro atoms. The van der Waals surface area contributed by atoms with Crippen molar-refractivity contribution < 1.29 is 30.6 Å². The molecule has 0 saturated heterocycles. The fourth-order valence-corrected chi connectivity index (χ4v) is 13.5. The summed E-state index contributed by atoms with van der Waals surface area (Å²) in [6.45, 7) is 25.7. The summed E-state index contributed by atoms with van der Waals surface area (Å²) in [5.74, 6) is 4.21. The monoisotopic (exact) mass is 833 g/mol. The van der Waals surface area contributed by atoms with Gasteiger partial charge in [0.05, 0.1) is 35.6 Å². The SMILES string of the molecule is C=C1/C(=C\C=C2/CCC[C@]3(C)[C@@H]([C@H](C)CCCC(C)(C)O)CC[C@@H]23)C[C@@H](O)C[C@@H]1O.C=C1/C(=C\C=C2/CCC[C@]3(C)[C@@H]([C@H](C)CCCC(C)(C)O)CC[C@@H]23)C[C@@H](O)C[C@@H]1O. The second-order valence-corrected chi connectivity index (χ2v) is 22.7. The van der Waals surface area contributed by atoms with Gasteiger partial charge >= 0.3 is 0 Å². The maximum atomic E-state index is 10.1. The van der Waals surface area contributed by atoms with Crippen LogP contribution in [0.25, 0.3) is 0 Å². The van der Waals surface area contributed by atoms with Crippen LogP contribution >= 0.6 is 0 Å². The Morgan fingerprint density at radius 3 is 1.33 bits per heavy atom. The van der Waals surface area contributed by atoms with Crippen molar-refractivity contribution >= 4 is 0 Å². The molecular formula is C54H88O6. The zero-order valence-corrected chi connectivity index (χ0v) is 39.3. The zero-order valence-electron chi connectivity index (χ0n) is 39.3. The molecule has 0 aromatic rings. The summed E-state index contributed by atoms with van der Waals surface area (Å²) < 4.78 is 0. The molecule has 6 aliphatic carbocycles. The van der Waals surface area contributed by atoms with Crippen LogP contribution in [0.15, 0.2) is 70.9 Å². The molecule has 6 aliphatic rings. The van der Waals surface area contributed by atoms with E-state index in [0.717, 1.165) is 59.8 Å². The molecule has 6 N–H and O–H groups in total. The first-order chi connectivity index (χ1) is 28.0. The Kier molecular flexibility index (Phi) is 16.7. The van der Waals surface area contributed by atoms with Gasteiger partial charge in [-0.1, -0.05) is 102 Å². The standard InChI is InChI=1S/2C27H44O3/c2*1-18(8-6-14-26(3,4)30)23-12-13-24-20(9-7-15-27(23,24)5)10-11-21-16-22(28)17-25(29)19(21)2/h2*10-11,18,22-25,28-30H,2,6-9,12-17H2,1,3-5H3/b2*20-10+,21-11-/t2*18-,22-,23-,24+,25+,27-/m11/s1. The highest BCUT2D eigenvalue weighted by atomic mass is 16.3. The van der Waals surface area contributed by atoms with Crippen LogP contribution in [0.4, 0.5) is 0 Å². The smallest absolute Gasteiger partial charge is 0.0811 e. The van der Waals surface area contributed by atoms with E-state index in [1.54, 1.807) is 11.1 Å². The molecule has 6 saturated carbocycles. The highest BCUT2D eigenvalue weighted by Crippen LogP contribution is 2.61. The van der Waals surface area contributed by atoms with Crippen LogP contribution in [0.2, 0.25) is 0 Å². The number of aliphatic hydroxyl groups is 6. The first-order valence-electron chi connectivity index (χ1n) is 24.4. The second-order valence-electron chi connectivity index (χ2n) is 22.7. The number of hydrogen-bond acceptors (Lipinski definition) is 6. The molecule has 0 unspecified atom stereocenters. The Balaban J connectivity index is 0.000000228. The lowest BCUT2D eigenvalue weighted by Crippen LogP contribution is -2.36. The summed E-state index contributed by atoms with van der Waals surface area (Å²) in [4.78, 5) is 0. The van der Waals surface area contributed by atoms with Crippen LogP contribution < -0.4 is 0 Å². The van der Waals surface area contributed by atoms with Gasteiger partial charge in [0, 0.05) is 12.8 Å². The normalized spacial score (nSPS) is 38.8. The summed E-state index contributed by atoms with van der Waals surface area (Å²) in [6.07, 6.45) is 27.7. The lowest BCUT2D eigenvalue weighted by Gasteiger charge is -2.44. The van der Waals surface area contributed by atoms with Crippen molar-refractivity contribution in [3.05, 3.63) is 70.9 Å². The molecule has 0 aromatic carbocycles. The number of rotatable bonds is 12. The van der Waals surface area contributed by atoms with Gasteiger partial charge in [-0.2, -0.15) is 0 Å². The molecule has 340 valence electrons. The average molecular weight is 833 g/mol. The highest BCUT2D eigenvalue weighted by Gasteiger charge is 2.51. The first kappa shape index (κ1) is 49.2. The van der Waals surface area contributed by atoms with Crippen molar-refractivity contribution in [1.29, 1.82) is 0 Å². The minimum atomic E-state index is -0.615. The summed E-state index contributed by atoms with van der Waals surface area (Å²) in [5.41, 5.74) is 6.33. The van der Waals surface area contributed by atoms with Crippen LogP contribution in [0.1, 0.15) is 184 Å². The van der Waals surface area contributed by atoms with Crippen molar-refractivity contribution in [2.24, 2.45) is 46.3 Å². The third-order valence-corrected chi connectivity index (χ3v) is 16.9. The Hall–Kier alpha value is -1.80. The van der Waals surface area contributed by atoms with E-state index in [1.807, 2.05) is 27.7 Å². The predicted octanol–water partition coefficient (Wildman–Crippen LogP) is 11.4. The number of aliphatic hydroxyl groups excluding tert-OH is 4. The number of hydrogen-bond donors (Lipinski definition) is 6. The first-order valence-corrected chi connectivity index (χ1v) is 24.4. The lowest BCUT2D eigenvalue weighted by molar-refractivity contribution is 0.0590. The Labute approximate surface area is 366 Å². The second kappa shape index (κ2) is 20.4. The fraction of sp³-hybridized carbons (Fsp3) is 0.778. The van der Waals surface area contributed by atoms with Crippen LogP contribution in [-0.2, 0) is 0 Å². The van der Waals surface area contributed by atoms with Gasteiger partial charge in [0.15, 0.2) is 0 Å². The summed E-state index contributed by atoms with van der Waals surface area (Å²) in [5, 5.41) is 60.4. The summed E-state index contributed by atoms with van der Waals surface area (Å²) >= 11 is 0. The van der Waals surface area contributed by atoms with E-state index < -0.39 is 35.6 Å². The highest BCUT2D eigenvalue weighted by molar-refractivity contribution is 5.40. The van der Waals surface area contributed by atoms with Crippen molar-refractivity contribution in [1.82, 2.24) is 0 Å². The van der Waals surface area contributed by atoms with E-state index in [9.17, 15) is 30.6 Å². The van der Waals surface area contributed by atoms with Gasteiger partial charge in [0.2, 0.25) is 0 Å². The van der Waals surface area contributed by atoms with E-state index in [2.05, 4.69) is 65.2 Å². The Morgan fingerprint density at radius 2 is 0.983 bits per heavy atom. The zero-order chi connectivity index (χ0) is 44.2. The molecule has 0 amide bonds.